The summed E-state index contributed by atoms with van der Waals surface area (Å²) >= 11 is 0. The molecule has 0 bridgehead atoms. The molecule has 3 rings (SSSR count). The lowest BCUT2D eigenvalue weighted by molar-refractivity contribution is 0.249. The molecular weight excluding hydrogens is 286 g/mol. The van der Waals surface area contributed by atoms with Crippen LogP contribution in [0.1, 0.15) is 11.1 Å². The van der Waals surface area contributed by atoms with E-state index < -0.39 is 0 Å². The van der Waals surface area contributed by atoms with E-state index in [0.717, 1.165) is 44.5 Å². The summed E-state index contributed by atoms with van der Waals surface area (Å²) in [5.74, 6) is 1.80. The normalized spacial score (nSPS) is 15.7. The number of aromatic nitrogens is 2. The molecule has 23 heavy (non-hydrogen) atoms. The highest BCUT2D eigenvalue weighted by molar-refractivity contribution is 5.43. The van der Waals surface area contributed by atoms with E-state index in [1.54, 1.807) is 0 Å². The minimum absolute atomic E-state index is 0.768. The molecule has 0 saturated carbocycles. The van der Waals surface area contributed by atoms with Crippen LogP contribution in [-0.4, -0.2) is 55.1 Å². The van der Waals surface area contributed by atoms with Crippen LogP contribution in [0.4, 0.5) is 11.8 Å². The number of hydrogen-bond acceptors (Lipinski definition) is 5. The molecule has 0 amide bonds. The van der Waals surface area contributed by atoms with Gasteiger partial charge in [-0.25, -0.2) is 4.98 Å². The molecule has 2 aromatic rings. The molecule has 2 heterocycles. The third-order valence-electron chi connectivity index (χ3n) is 4.38. The zero-order valence-electron chi connectivity index (χ0n) is 14.2. The molecule has 122 valence electrons. The molecule has 1 fully saturated rings. The minimum atomic E-state index is 0.768. The fourth-order valence-corrected chi connectivity index (χ4v) is 2.89. The summed E-state index contributed by atoms with van der Waals surface area (Å²) in [6.45, 7) is 7.37. The minimum Gasteiger partial charge on any atom is -0.354 e. The first-order valence-corrected chi connectivity index (χ1v) is 8.15. The highest BCUT2D eigenvalue weighted by Crippen LogP contribution is 2.17. The summed E-state index contributed by atoms with van der Waals surface area (Å²) in [5, 5.41) is 0. The summed E-state index contributed by atoms with van der Waals surface area (Å²) in [5.41, 5.74) is 2.80. The molecule has 5 heteroatoms. The summed E-state index contributed by atoms with van der Waals surface area (Å²) in [4.78, 5) is 15.7. The van der Waals surface area contributed by atoms with Gasteiger partial charge in [0.25, 0.3) is 0 Å². The maximum Gasteiger partial charge on any atom is 0.226 e. The van der Waals surface area contributed by atoms with Crippen molar-refractivity contribution in [2.75, 3.05) is 50.1 Å². The second kappa shape index (κ2) is 6.96. The quantitative estimate of drug-likeness (QED) is 0.865. The molecule has 0 N–H and O–H groups in total. The van der Waals surface area contributed by atoms with E-state index in [1.807, 2.05) is 31.3 Å². The summed E-state index contributed by atoms with van der Waals surface area (Å²) in [6, 6.07) is 10.7. The highest BCUT2D eigenvalue weighted by Gasteiger charge is 2.19. The average molecular weight is 311 g/mol. The van der Waals surface area contributed by atoms with Gasteiger partial charge in [0, 0.05) is 53.0 Å². The van der Waals surface area contributed by atoms with Crippen molar-refractivity contribution in [2.45, 2.75) is 13.5 Å². The maximum atomic E-state index is 4.64. The zero-order chi connectivity index (χ0) is 16.2. The fourth-order valence-electron chi connectivity index (χ4n) is 2.89. The lowest BCUT2D eigenvalue weighted by Gasteiger charge is -2.35. The van der Waals surface area contributed by atoms with E-state index in [1.165, 1.54) is 11.1 Å². The molecule has 0 atom stereocenters. The van der Waals surface area contributed by atoms with Gasteiger partial charge in [0.1, 0.15) is 5.82 Å². The van der Waals surface area contributed by atoms with Crippen molar-refractivity contribution in [3.63, 3.8) is 0 Å². The Morgan fingerprint density at radius 2 is 1.78 bits per heavy atom. The van der Waals surface area contributed by atoms with Crippen molar-refractivity contribution in [1.82, 2.24) is 14.9 Å². The molecular formula is C18H25N5. The van der Waals surface area contributed by atoms with Gasteiger partial charge in [-0.05, 0) is 24.1 Å². The van der Waals surface area contributed by atoms with Gasteiger partial charge in [0.15, 0.2) is 0 Å². The van der Waals surface area contributed by atoms with Crippen LogP contribution < -0.4 is 9.80 Å². The fraction of sp³-hybridized carbons (Fsp3) is 0.444. The number of hydrogen-bond donors (Lipinski definition) is 0. The van der Waals surface area contributed by atoms with Crippen LogP contribution in [0.25, 0.3) is 0 Å². The SMILES string of the molecule is Cc1ccccc1CN1CCN(c2ccnc(N(C)C)n2)CC1. The second-order valence-electron chi connectivity index (χ2n) is 6.30. The standard InChI is InChI=1S/C18H25N5/c1-15-6-4-5-7-16(15)14-22-10-12-23(13-11-22)17-8-9-19-18(20-17)21(2)3/h4-9H,10-14H2,1-3H3. The smallest absolute Gasteiger partial charge is 0.226 e. The van der Waals surface area contributed by atoms with Crippen molar-refractivity contribution in [3.8, 4) is 0 Å². The van der Waals surface area contributed by atoms with Gasteiger partial charge in [-0.15, -0.1) is 0 Å². The van der Waals surface area contributed by atoms with Crippen LogP contribution in [0.3, 0.4) is 0 Å². The average Bonchev–Trinajstić information content (AvgIpc) is 2.58. The molecule has 1 aromatic carbocycles. The molecule has 0 spiro atoms. The predicted molar refractivity (Wildman–Crippen MR) is 95.0 cm³/mol. The number of aryl methyl sites for hydroxylation is 1. The topological polar surface area (TPSA) is 35.5 Å². The van der Waals surface area contributed by atoms with Gasteiger partial charge >= 0.3 is 0 Å². The number of rotatable bonds is 4. The third-order valence-corrected chi connectivity index (χ3v) is 4.38. The van der Waals surface area contributed by atoms with Gasteiger partial charge in [-0.3, -0.25) is 4.90 Å². The number of anilines is 2. The van der Waals surface area contributed by atoms with Crippen molar-refractivity contribution >= 4 is 11.8 Å². The molecule has 1 aliphatic rings. The monoisotopic (exact) mass is 311 g/mol. The zero-order valence-corrected chi connectivity index (χ0v) is 14.2. The third kappa shape index (κ3) is 3.79. The van der Waals surface area contributed by atoms with Crippen LogP contribution >= 0.6 is 0 Å². The number of nitrogens with zero attached hydrogens (tertiary/aromatic N) is 5. The van der Waals surface area contributed by atoms with Crippen LogP contribution in [-0.2, 0) is 6.54 Å². The Bertz CT molecular complexity index is 647. The Balaban J connectivity index is 1.60. The molecule has 0 radical (unpaired) electrons. The van der Waals surface area contributed by atoms with E-state index in [0.29, 0.717) is 0 Å². The Labute approximate surface area is 138 Å². The van der Waals surface area contributed by atoms with E-state index in [-0.39, 0.29) is 0 Å². The van der Waals surface area contributed by atoms with E-state index in [9.17, 15) is 0 Å². The van der Waals surface area contributed by atoms with Gasteiger partial charge < -0.3 is 9.80 Å². The van der Waals surface area contributed by atoms with E-state index in [4.69, 9.17) is 0 Å². The van der Waals surface area contributed by atoms with Crippen molar-refractivity contribution < 1.29 is 0 Å². The first-order valence-electron chi connectivity index (χ1n) is 8.15. The highest BCUT2D eigenvalue weighted by atomic mass is 15.3. The van der Waals surface area contributed by atoms with E-state index >= 15 is 0 Å². The maximum absolute atomic E-state index is 4.64. The van der Waals surface area contributed by atoms with Crippen molar-refractivity contribution in [2.24, 2.45) is 0 Å². The molecule has 0 aliphatic carbocycles. The van der Waals surface area contributed by atoms with Crippen molar-refractivity contribution in [1.29, 1.82) is 0 Å². The van der Waals surface area contributed by atoms with E-state index in [2.05, 4.69) is 51.0 Å². The van der Waals surface area contributed by atoms with Crippen molar-refractivity contribution in [3.05, 3.63) is 47.7 Å². The molecule has 5 nitrogen and oxygen atoms in total. The summed E-state index contributed by atoms with van der Waals surface area (Å²) in [7, 11) is 3.94. The first kappa shape index (κ1) is 15.7. The number of benzene rings is 1. The van der Waals surface area contributed by atoms with Gasteiger partial charge in [-0.1, -0.05) is 24.3 Å². The van der Waals surface area contributed by atoms with Crippen LogP contribution in [0, 0.1) is 6.92 Å². The second-order valence-corrected chi connectivity index (χ2v) is 6.30. The largest absolute Gasteiger partial charge is 0.354 e. The van der Waals surface area contributed by atoms with Gasteiger partial charge in [0.05, 0.1) is 0 Å². The molecule has 1 aliphatic heterocycles. The summed E-state index contributed by atoms with van der Waals surface area (Å²) < 4.78 is 0. The van der Waals surface area contributed by atoms with Crippen LogP contribution in [0.15, 0.2) is 36.5 Å². The number of piperazine rings is 1. The van der Waals surface area contributed by atoms with Crippen LogP contribution in [0.5, 0.6) is 0 Å². The Kier molecular flexibility index (Phi) is 4.76. The Morgan fingerprint density at radius 1 is 1.04 bits per heavy atom. The van der Waals surface area contributed by atoms with Gasteiger partial charge in [0.2, 0.25) is 5.95 Å². The molecule has 1 saturated heterocycles. The predicted octanol–water partition coefficient (Wildman–Crippen LogP) is 2.17. The summed E-state index contributed by atoms with van der Waals surface area (Å²) in [6.07, 6.45) is 1.84. The lowest BCUT2D eigenvalue weighted by atomic mass is 10.1. The Morgan fingerprint density at radius 3 is 2.48 bits per heavy atom. The molecule has 1 aromatic heterocycles. The van der Waals surface area contributed by atoms with Crippen LogP contribution in [0.2, 0.25) is 0 Å². The molecule has 0 unspecified atom stereocenters. The first-order chi connectivity index (χ1) is 11.1. The lowest BCUT2D eigenvalue weighted by Crippen LogP contribution is -2.46. The Hall–Kier alpha value is -2.14. The van der Waals surface area contributed by atoms with Gasteiger partial charge in [-0.2, -0.15) is 4.98 Å².